The summed E-state index contributed by atoms with van der Waals surface area (Å²) in [7, 11) is 0. The van der Waals surface area contributed by atoms with Crippen molar-refractivity contribution in [3.05, 3.63) is 42.5 Å². The largest absolute Gasteiger partial charge is 0.487 e. The van der Waals surface area contributed by atoms with Gasteiger partial charge in [-0.2, -0.15) is 8.78 Å². The van der Waals surface area contributed by atoms with Crippen LogP contribution in [0.1, 0.15) is 19.8 Å². The predicted octanol–water partition coefficient (Wildman–Crippen LogP) is 3.84. The molecular weight excluding hydrogens is 302 g/mol. The fraction of sp³-hybridized carbons (Fsp3) is 0.500. The zero-order valence-electron chi connectivity index (χ0n) is 13.0. The van der Waals surface area contributed by atoms with Crippen molar-refractivity contribution in [1.82, 2.24) is 0 Å². The molecule has 1 aliphatic heterocycles. The van der Waals surface area contributed by atoms with E-state index < -0.39 is 12.5 Å². The number of fused-ring (bicyclic) bond motifs is 1. The van der Waals surface area contributed by atoms with E-state index in [1.165, 1.54) is 0 Å². The molecule has 0 amide bonds. The number of esters is 1. The van der Waals surface area contributed by atoms with E-state index in [1.54, 1.807) is 36.4 Å². The van der Waals surface area contributed by atoms with Crippen molar-refractivity contribution in [2.24, 2.45) is 17.8 Å². The molecule has 0 N–H and O–H groups in total. The topological polar surface area (TPSA) is 35.5 Å². The van der Waals surface area contributed by atoms with E-state index >= 15 is 0 Å². The van der Waals surface area contributed by atoms with Gasteiger partial charge in [-0.3, -0.25) is 4.79 Å². The van der Waals surface area contributed by atoms with Crippen LogP contribution >= 0.6 is 0 Å². The average Bonchev–Trinajstić information content (AvgIpc) is 2.99. The third-order valence-corrected chi connectivity index (χ3v) is 4.66. The van der Waals surface area contributed by atoms with Crippen molar-refractivity contribution >= 4 is 5.97 Å². The minimum atomic E-state index is -3.04. The first-order valence-corrected chi connectivity index (χ1v) is 7.89. The average molecular weight is 322 g/mol. The van der Waals surface area contributed by atoms with E-state index in [-0.39, 0.29) is 29.8 Å². The van der Waals surface area contributed by atoms with Gasteiger partial charge in [0, 0.05) is 5.92 Å². The third-order valence-electron chi connectivity index (χ3n) is 4.66. The van der Waals surface area contributed by atoms with Crippen molar-refractivity contribution in [3.8, 4) is 5.75 Å². The molecular formula is C18H20F2O3. The molecule has 4 atom stereocenters. The molecule has 5 heteroatoms. The Balaban J connectivity index is 1.60. The number of carbonyl (C=O) groups excluding carboxylic acids is 1. The molecule has 23 heavy (non-hydrogen) atoms. The zero-order chi connectivity index (χ0) is 16.4. The summed E-state index contributed by atoms with van der Waals surface area (Å²) in [6.45, 7) is 1.32. The van der Waals surface area contributed by atoms with E-state index in [0.29, 0.717) is 12.2 Å². The van der Waals surface area contributed by atoms with Crippen molar-refractivity contribution in [1.29, 1.82) is 0 Å². The van der Waals surface area contributed by atoms with E-state index in [0.717, 1.165) is 12.5 Å². The molecule has 0 radical (unpaired) electrons. The number of benzene rings is 1. The highest BCUT2D eigenvalue weighted by molar-refractivity contribution is 5.72. The molecule has 0 bridgehead atoms. The number of rotatable bonds is 5. The number of halogens is 2. The summed E-state index contributed by atoms with van der Waals surface area (Å²) in [4.78, 5) is 11.4. The first-order valence-electron chi connectivity index (χ1n) is 7.89. The van der Waals surface area contributed by atoms with Crippen LogP contribution in [0.2, 0.25) is 0 Å². The Morgan fingerprint density at radius 2 is 2.09 bits per heavy atom. The molecule has 0 spiro atoms. The summed E-state index contributed by atoms with van der Waals surface area (Å²) >= 11 is 0. The smallest absolute Gasteiger partial charge is 0.306 e. The fourth-order valence-electron chi connectivity index (χ4n) is 3.51. The van der Waals surface area contributed by atoms with Gasteiger partial charge in [0.2, 0.25) is 0 Å². The maximum atomic E-state index is 14.0. The van der Waals surface area contributed by atoms with Crippen LogP contribution in [0.3, 0.4) is 0 Å². The highest BCUT2D eigenvalue weighted by atomic mass is 19.3. The summed E-state index contributed by atoms with van der Waals surface area (Å²) in [5, 5.41) is 0. The van der Waals surface area contributed by atoms with Gasteiger partial charge < -0.3 is 9.47 Å². The summed E-state index contributed by atoms with van der Waals surface area (Å²) in [5.41, 5.74) is 0. The molecule has 3 nitrogen and oxygen atoms in total. The lowest BCUT2D eigenvalue weighted by Gasteiger charge is -2.18. The lowest BCUT2D eigenvalue weighted by molar-refractivity contribution is -0.141. The maximum Gasteiger partial charge on any atom is 0.306 e. The molecule has 2 fully saturated rings. The van der Waals surface area contributed by atoms with E-state index in [4.69, 9.17) is 9.47 Å². The van der Waals surface area contributed by atoms with Crippen LogP contribution in [0.15, 0.2) is 42.5 Å². The summed E-state index contributed by atoms with van der Waals surface area (Å²) in [6.07, 6.45) is 3.43. The minimum absolute atomic E-state index is 0.0274. The van der Waals surface area contributed by atoms with Gasteiger partial charge in [0.1, 0.15) is 11.9 Å². The summed E-state index contributed by atoms with van der Waals surface area (Å²) in [6, 6.07) is 8.56. The number of alkyl halides is 2. The lowest BCUT2D eigenvalue weighted by Crippen LogP contribution is -2.24. The molecule has 2 aliphatic rings. The van der Waals surface area contributed by atoms with Gasteiger partial charge in [-0.25, -0.2) is 0 Å². The first-order chi connectivity index (χ1) is 10.9. The minimum Gasteiger partial charge on any atom is -0.487 e. The molecule has 1 aliphatic carbocycles. The van der Waals surface area contributed by atoms with E-state index in [1.807, 2.05) is 6.92 Å². The molecule has 0 aromatic heterocycles. The highest BCUT2D eigenvalue weighted by Gasteiger charge is 2.47. The van der Waals surface area contributed by atoms with Gasteiger partial charge in [-0.1, -0.05) is 31.2 Å². The van der Waals surface area contributed by atoms with Crippen molar-refractivity contribution < 1.29 is 23.0 Å². The first kappa shape index (κ1) is 16.0. The quantitative estimate of drug-likeness (QED) is 0.610. The zero-order valence-corrected chi connectivity index (χ0v) is 13.0. The molecule has 1 saturated heterocycles. The molecule has 3 rings (SSSR count). The molecule has 1 saturated carbocycles. The Kier molecular flexibility index (Phi) is 4.37. The predicted molar refractivity (Wildman–Crippen MR) is 81.3 cm³/mol. The number of hydrogen-bond acceptors (Lipinski definition) is 3. The number of allylic oxidation sites excluding steroid dienone is 1. The highest BCUT2D eigenvalue weighted by Crippen LogP contribution is 2.45. The summed E-state index contributed by atoms with van der Waals surface area (Å²) in [5.74, 6) is -2.63. The van der Waals surface area contributed by atoms with Gasteiger partial charge in [-0.15, -0.1) is 0 Å². The van der Waals surface area contributed by atoms with Crippen molar-refractivity contribution in [3.63, 3.8) is 0 Å². The maximum absolute atomic E-state index is 14.0. The van der Waals surface area contributed by atoms with Crippen molar-refractivity contribution in [2.75, 3.05) is 6.61 Å². The number of hydrogen-bond donors (Lipinski definition) is 0. The van der Waals surface area contributed by atoms with Crippen LogP contribution in [-0.2, 0) is 9.53 Å². The Hall–Kier alpha value is -1.91. The second-order valence-corrected chi connectivity index (χ2v) is 6.41. The van der Waals surface area contributed by atoms with E-state index in [9.17, 15) is 13.6 Å². The van der Waals surface area contributed by atoms with E-state index in [2.05, 4.69) is 0 Å². The fourth-order valence-corrected chi connectivity index (χ4v) is 3.51. The van der Waals surface area contributed by atoms with Crippen LogP contribution in [-0.4, -0.2) is 24.6 Å². The van der Waals surface area contributed by atoms with Gasteiger partial charge in [-0.05, 0) is 36.5 Å². The standard InChI is InChI=1S/C18H20F2O3/c1-12-9-16-15(10-17(21)23-16)14(12)7-8-18(19,20)11-22-13-5-3-2-4-6-13/h2-8,12,14-16H,9-11H2,1H3/b8-7+/t12-,14+,15-,16+/m1/s1. The second kappa shape index (κ2) is 6.30. The monoisotopic (exact) mass is 322 g/mol. The number of ether oxygens (including phenoxy) is 2. The SMILES string of the molecule is C[C@@H]1C[C@@H]2OC(=O)C[C@@H]2[C@H]1/C=C/C(F)(F)COc1ccccc1. The molecule has 0 unspecified atom stereocenters. The van der Waals surface area contributed by atoms with Gasteiger partial charge >= 0.3 is 5.97 Å². The molecule has 1 aromatic rings. The number of carbonyl (C=O) groups is 1. The Morgan fingerprint density at radius 3 is 2.83 bits per heavy atom. The molecule has 124 valence electrons. The number of para-hydroxylation sites is 1. The van der Waals surface area contributed by atoms with Gasteiger partial charge in [0.05, 0.1) is 6.42 Å². The van der Waals surface area contributed by atoms with Gasteiger partial charge in [0.15, 0.2) is 6.61 Å². The van der Waals surface area contributed by atoms with Crippen LogP contribution in [0.25, 0.3) is 0 Å². The van der Waals surface area contributed by atoms with Crippen LogP contribution in [0.5, 0.6) is 5.75 Å². The summed E-state index contributed by atoms with van der Waals surface area (Å²) < 4.78 is 38.4. The van der Waals surface area contributed by atoms with Crippen LogP contribution in [0.4, 0.5) is 8.78 Å². The lowest BCUT2D eigenvalue weighted by atomic mass is 9.88. The van der Waals surface area contributed by atoms with Crippen LogP contribution in [0, 0.1) is 17.8 Å². The Bertz CT molecular complexity index is 585. The second-order valence-electron chi connectivity index (χ2n) is 6.41. The van der Waals surface area contributed by atoms with Crippen LogP contribution < -0.4 is 4.74 Å². The third kappa shape index (κ3) is 3.71. The molecule has 1 heterocycles. The normalized spacial score (nSPS) is 30.5. The van der Waals surface area contributed by atoms with Gasteiger partial charge in [0.25, 0.3) is 5.92 Å². The Morgan fingerprint density at radius 1 is 1.35 bits per heavy atom. The molecule has 1 aromatic carbocycles. The van der Waals surface area contributed by atoms with Crippen molar-refractivity contribution in [2.45, 2.75) is 31.8 Å². The Labute approximate surface area is 134 Å².